The number of anilines is 1. The first kappa shape index (κ1) is 11.2. The van der Waals surface area contributed by atoms with Gasteiger partial charge in [-0.25, -0.2) is 4.98 Å². The maximum atomic E-state index is 12.1. The third-order valence-corrected chi connectivity index (χ3v) is 4.46. The Labute approximate surface area is 114 Å². The molecule has 0 bridgehead atoms. The monoisotopic (exact) mass is 277 g/mol. The fourth-order valence-corrected chi connectivity index (χ4v) is 3.48. The van der Waals surface area contributed by atoms with Gasteiger partial charge in [0.15, 0.2) is 10.8 Å². The van der Waals surface area contributed by atoms with Crippen molar-refractivity contribution in [1.29, 1.82) is 0 Å². The highest BCUT2D eigenvalue weighted by atomic mass is 35.5. The topological polar surface area (TPSA) is 83.6 Å². The zero-order chi connectivity index (χ0) is 13.0. The number of amides is 1. The fraction of sp³-hybridized carbons (Fsp3) is 0.500. The number of hydrogen-bond acceptors (Lipinski definition) is 4. The molecule has 2 aliphatic rings. The van der Waals surface area contributed by atoms with Gasteiger partial charge in [0.1, 0.15) is 5.52 Å². The number of fused-ring (bicyclic) bond motifs is 2. The second-order valence-corrected chi connectivity index (χ2v) is 5.57. The van der Waals surface area contributed by atoms with E-state index >= 15 is 0 Å². The summed E-state index contributed by atoms with van der Waals surface area (Å²) < 4.78 is 0. The second-order valence-electron chi connectivity index (χ2n) is 5.21. The zero-order valence-electron chi connectivity index (χ0n) is 10.1. The van der Waals surface area contributed by atoms with Crippen molar-refractivity contribution < 1.29 is 4.79 Å². The Morgan fingerprint density at radius 1 is 1.37 bits per heavy atom. The van der Waals surface area contributed by atoms with E-state index < -0.39 is 0 Å². The molecule has 7 heteroatoms. The van der Waals surface area contributed by atoms with Crippen LogP contribution in [0.5, 0.6) is 0 Å². The normalized spacial score (nSPS) is 28.4. The van der Waals surface area contributed by atoms with Gasteiger partial charge in [-0.15, -0.1) is 0 Å². The summed E-state index contributed by atoms with van der Waals surface area (Å²) in [7, 11) is 0. The van der Waals surface area contributed by atoms with Crippen LogP contribution in [0.1, 0.15) is 19.3 Å². The summed E-state index contributed by atoms with van der Waals surface area (Å²) >= 11 is 6.00. The van der Waals surface area contributed by atoms with Crippen LogP contribution in [0.4, 0.5) is 5.95 Å². The average Bonchev–Trinajstić information content (AvgIpc) is 2.80. The smallest absolute Gasteiger partial charge is 0.233 e. The van der Waals surface area contributed by atoms with Gasteiger partial charge in [0.05, 0.1) is 6.33 Å². The quantitative estimate of drug-likeness (QED) is 0.822. The van der Waals surface area contributed by atoms with Crippen LogP contribution in [-0.2, 0) is 4.79 Å². The molecular formula is C12H12ClN5O. The Morgan fingerprint density at radius 3 is 2.95 bits per heavy atom. The lowest BCUT2D eigenvalue weighted by atomic mass is 10.1. The molecule has 2 atom stereocenters. The van der Waals surface area contributed by atoms with Gasteiger partial charge in [-0.3, -0.25) is 10.1 Å². The van der Waals surface area contributed by atoms with Crippen molar-refractivity contribution in [3.05, 3.63) is 11.5 Å². The summed E-state index contributed by atoms with van der Waals surface area (Å²) in [6, 6.07) is 0. The van der Waals surface area contributed by atoms with Gasteiger partial charge in [0.2, 0.25) is 11.9 Å². The number of hydrogen-bond donors (Lipinski definition) is 2. The molecule has 19 heavy (non-hydrogen) atoms. The lowest BCUT2D eigenvalue weighted by molar-refractivity contribution is -0.118. The SMILES string of the molecule is O=C(Nc1nc(Cl)c2[nH]cnc2n1)C1C2CCCC21. The number of H-pyrrole nitrogens is 1. The first-order valence-electron chi connectivity index (χ1n) is 6.41. The van der Waals surface area contributed by atoms with E-state index in [-0.39, 0.29) is 22.9 Å². The third kappa shape index (κ3) is 1.70. The fourth-order valence-electron chi connectivity index (χ4n) is 3.26. The minimum atomic E-state index is 0.0145. The summed E-state index contributed by atoms with van der Waals surface area (Å²) in [5.41, 5.74) is 1.05. The number of aromatic nitrogens is 4. The van der Waals surface area contributed by atoms with Gasteiger partial charge in [0, 0.05) is 5.92 Å². The summed E-state index contributed by atoms with van der Waals surface area (Å²) in [6.07, 6.45) is 5.09. The van der Waals surface area contributed by atoms with Gasteiger partial charge in [0.25, 0.3) is 0 Å². The van der Waals surface area contributed by atoms with Crippen LogP contribution in [0.15, 0.2) is 6.33 Å². The molecule has 2 aromatic heterocycles. The first-order valence-corrected chi connectivity index (χ1v) is 6.79. The lowest BCUT2D eigenvalue weighted by Crippen LogP contribution is -2.18. The molecule has 98 valence electrons. The number of nitrogens with zero attached hydrogens (tertiary/aromatic N) is 3. The van der Waals surface area contributed by atoms with Crippen LogP contribution in [0, 0.1) is 17.8 Å². The number of rotatable bonds is 2. The molecule has 2 saturated carbocycles. The van der Waals surface area contributed by atoms with Gasteiger partial charge in [-0.2, -0.15) is 9.97 Å². The molecule has 0 saturated heterocycles. The molecule has 2 aromatic rings. The average molecular weight is 278 g/mol. The molecule has 2 N–H and O–H groups in total. The zero-order valence-corrected chi connectivity index (χ0v) is 10.8. The Bertz CT molecular complexity index is 659. The molecule has 0 radical (unpaired) electrons. The molecule has 0 aliphatic heterocycles. The number of aromatic amines is 1. The molecule has 0 aromatic carbocycles. The van der Waals surface area contributed by atoms with E-state index in [9.17, 15) is 4.79 Å². The maximum Gasteiger partial charge on any atom is 0.233 e. The number of imidazole rings is 1. The highest BCUT2D eigenvalue weighted by Crippen LogP contribution is 2.57. The van der Waals surface area contributed by atoms with Gasteiger partial charge < -0.3 is 4.98 Å². The molecule has 2 aliphatic carbocycles. The minimum Gasteiger partial charge on any atom is -0.341 e. The first-order chi connectivity index (χ1) is 9.24. The molecule has 1 amide bonds. The molecule has 6 nitrogen and oxygen atoms in total. The van der Waals surface area contributed by atoms with Crippen molar-refractivity contribution >= 4 is 34.6 Å². The molecule has 2 unspecified atom stereocenters. The van der Waals surface area contributed by atoms with Crippen molar-refractivity contribution in [3.63, 3.8) is 0 Å². The summed E-state index contributed by atoms with van der Waals surface area (Å²) in [6.45, 7) is 0. The van der Waals surface area contributed by atoms with Gasteiger partial charge in [-0.05, 0) is 24.7 Å². The van der Waals surface area contributed by atoms with E-state index in [1.165, 1.54) is 25.6 Å². The predicted molar refractivity (Wildman–Crippen MR) is 69.6 cm³/mol. The Morgan fingerprint density at radius 2 is 2.16 bits per heavy atom. The number of carbonyl (C=O) groups is 1. The van der Waals surface area contributed by atoms with E-state index in [0.29, 0.717) is 23.0 Å². The van der Waals surface area contributed by atoms with E-state index in [1.54, 1.807) is 0 Å². The van der Waals surface area contributed by atoms with E-state index in [2.05, 4.69) is 25.3 Å². The largest absolute Gasteiger partial charge is 0.341 e. The van der Waals surface area contributed by atoms with Crippen LogP contribution in [-0.4, -0.2) is 25.8 Å². The molecular weight excluding hydrogens is 266 g/mol. The Balaban J connectivity index is 1.56. The van der Waals surface area contributed by atoms with Crippen LogP contribution < -0.4 is 5.32 Å². The Kier molecular flexibility index (Phi) is 2.29. The number of carbonyl (C=O) groups excluding carboxylic acids is 1. The van der Waals surface area contributed by atoms with Crippen molar-refractivity contribution in [1.82, 2.24) is 19.9 Å². The van der Waals surface area contributed by atoms with Crippen molar-refractivity contribution in [3.8, 4) is 0 Å². The molecule has 4 rings (SSSR count). The van der Waals surface area contributed by atoms with Crippen LogP contribution in [0.2, 0.25) is 5.15 Å². The third-order valence-electron chi connectivity index (χ3n) is 4.19. The van der Waals surface area contributed by atoms with Crippen molar-refractivity contribution in [2.24, 2.45) is 17.8 Å². The Hall–Kier alpha value is -1.69. The predicted octanol–water partition coefficient (Wildman–Crippen LogP) is 1.99. The summed E-state index contributed by atoms with van der Waals surface area (Å²) in [5.74, 6) is 1.54. The van der Waals surface area contributed by atoms with Crippen LogP contribution >= 0.6 is 11.6 Å². The molecule has 2 fully saturated rings. The minimum absolute atomic E-state index is 0.0145. The second kappa shape index (κ2) is 3.90. The standard InChI is InChI=1S/C12H12ClN5O/c13-9-8-10(15-4-14-8)17-12(16-9)18-11(19)7-5-2-1-3-6(5)7/h4-7H,1-3H2,(H2,14,15,16,17,18,19). The number of halogens is 1. The van der Waals surface area contributed by atoms with Crippen LogP contribution in [0.3, 0.4) is 0 Å². The van der Waals surface area contributed by atoms with E-state index in [0.717, 1.165) is 0 Å². The van der Waals surface area contributed by atoms with Crippen molar-refractivity contribution in [2.75, 3.05) is 5.32 Å². The molecule has 2 heterocycles. The van der Waals surface area contributed by atoms with Gasteiger partial charge in [-0.1, -0.05) is 18.0 Å². The van der Waals surface area contributed by atoms with Crippen molar-refractivity contribution in [2.45, 2.75) is 19.3 Å². The number of nitrogens with one attached hydrogen (secondary N) is 2. The van der Waals surface area contributed by atoms with Crippen LogP contribution in [0.25, 0.3) is 11.2 Å². The summed E-state index contributed by atoms with van der Waals surface area (Å²) in [5, 5.41) is 3.03. The van der Waals surface area contributed by atoms with Gasteiger partial charge >= 0.3 is 0 Å². The maximum absolute atomic E-state index is 12.1. The lowest BCUT2D eigenvalue weighted by Gasteiger charge is -2.05. The van der Waals surface area contributed by atoms with E-state index in [4.69, 9.17) is 11.6 Å². The van der Waals surface area contributed by atoms with E-state index in [1.807, 2.05) is 0 Å². The highest BCUT2D eigenvalue weighted by Gasteiger charge is 2.56. The molecule has 0 spiro atoms. The summed E-state index contributed by atoms with van der Waals surface area (Å²) in [4.78, 5) is 27.2. The highest BCUT2D eigenvalue weighted by molar-refractivity contribution is 6.33.